The number of amides is 1. The molecule has 0 fully saturated rings. The maximum atomic E-state index is 13.6. The topological polar surface area (TPSA) is 94.8 Å². The van der Waals surface area contributed by atoms with Crippen LogP contribution in [-0.4, -0.2) is 38.0 Å². The number of rotatable bonds is 5. The highest BCUT2D eigenvalue weighted by atomic mass is 19.4. The highest BCUT2D eigenvalue weighted by Crippen LogP contribution is 2.33. The van der Waals surface area contributed by atoms with Gasteiger partial charge in [-0.25, -0.2) is 4.68 Å². The minimum atomic E-state index is -4.83. The van der Waals surface area contributed by atoms with E-state index in [1.165, 1.54) is 31.6 Å². The number of methoxy groups -OCH3 is 1. The van der Waals surface area contributed by atoms with Crippen molar-refractivity contribution in [1.82, 2.24) is 30.3 Å². The van der Waals surface area contributed by atoms with Crippen molar-refractivity contribution in [2.75, 3.05) is 7.11 Å². The van der Waals surface area contributed by atoms with Crippen LogP contribution in [0, 0.1) is 0 Å². The van der Waals surface area contributed by atoms with Crippen LogP contribution in [0.25, 0.3) is 5.82 Å². The van der Waals surface area contributed by atoms with Gasteiger partial charge in [0.2, 0.25) is 5.88 Å². The van der Waals surface area contributed by atoms with E-state index in [1.807, 2.05) is 0 Å². The summed E-state index contributed by atoms with van der Waals surface area (Å²) in [6.45, 7) is 0.0478. The van der Waals surface area contributed by atoms with Gasteiger partial charge in [0.05, 0.1) is 18.9 Å². The second-order valence-electron chi connectivity index (χ2n) is 5.29. The summed E-state index contributed by atoms with van der Waals surface area (Å²) >= 11 is 0. The van der Waals surface area contributed by atoms with Crippen molar-refractivity contribution < 1.29 is 22.7 Å². The van der Waals surface area contributed by atoms with Gasteiger partial charge in [0, 0.05) is 25.0 Å². The first-order valence-electron chi connectivity index (χ1n) is 7.60. The Bertz CT molecular complexity index is 926. The largest absolute Gasteiger partial charge is 0.480 e. The summed E-state index contributed by atoms with van der Waals surface area (Å²) < 4.78 is 46.1. The predicted molar refractivity (Wildman–Crippen MR) is 86.1 cm³/mol. The summed E-state index contributed by atoms with van der Waals surface area (Å²) in [4.78, 5) is 16.1. The first kappa shape index (κ1) is 18.3. The summed E-state index contributed by atoms with van der Waals surface area (Å²) in [5.41, 5.74) is -1.16. The molecule has 11 heteroatoms. The Hall–Kier alpha value is -3.50. The van der Waals surface area contributed by atoms with E-state index in [1.54, 1.807) is 12.1 Å². The molecular formula is C16H13F3N6O2. The molecule has 3 aromatic rings. The Kier molecular flexibility index (Phi) is 5.01. The van der Waals surface area contributed by atoms with Gasteiger partial charge in [0.1, 0.15) is 0 Å². The first-order chi connectivity index (χ1) is 12.9. The fourth-order valence-corrected chi connectivity index (χ4v) is 2.27. The number of hydrogen-bond acceptors (Lipinski definition) is 6. The third-order valence-corrected chi connectivity index (χ3v) is 3.54. The number of carbonyl (C=O) groups excluding carboxylic acids is 1. The van der Waals surface area contributed by atoms with E-state index in [9.17, 15) is 18.0 Å². The molecule has 0 aromatic carbocycles. The molecule has 3 aromatic heterocycles. The Balaban J connectivity index is 1.91. The molecule has 1 N–H and O–H groups in total. The lowest BCUT2D eigenvalue weighted by Crippen LogP contribution is -2.26. The van der Waals surface area contributed by atoms with E-state index in [2.05, 4.69) is 25.6 Å². The van der Waals surface area contributed by atoms with Gasteiger partial charge >= 0.3 is 6.18 Å². The van der Waals surface area contributed by atoms with E-state index in [-0.39, 0.29) is 18.2 Å². The van der Waals surface area contributed by atoms with Gasteiger partial charge in [-0.2, -0.15) is 18.3 Å². The number of nitrogens with zero attached hydrogens (tertiary/aromatic N) is 5. The maximum absolute atomic E-state index is 13.6. The highest BCUT2D eigenvalue weighted by molar-refractivity contribution is 5.95. The molecule has 0 aliphatic heterocycles. The Morgan fingerprint density at radius 2 is 1.93 bits per heavy atom. The summed E-state index contributed by atoms with van der Waals surface area (Å²) in [6, 6.07) is 5.88. The zero-order chi connectivity index (χ0) is 19.4. The minimum Gasteiger partial charge on any atom is -0.480 e. The van der Waals surface area contributed by atoms with E-state index in [4.69, 9.17) is 4.74 Å². The lowest BCUT2D eigenvalue weighted by atomic mass is 10.2. The molecule has 8 nitrogen and oxygen atoms in total. The summed E-state index contributed by atoms with van der Waals surface area (Å²) in [5.74, 6) is -0.974. The number of aromatic nitrogens is 5. The van der Waals surface area contributed by atoms with Crippen LogP contribution in [-0.2, 0) is 12.7 Å². The van der Waals surface area contributed by atoms with E-state index in [0.29, 0.717) is 10.2 Å². The van der Waals surface area contributed by atoms with Crippen LogP contribution in [0.1, 0.15) is 21.6 Å². The second kappa shape index (κ2) is 7.40. The fraction of sp³-hybridized carbons (Fsp3) is 0.188. The van der Waals surface area contributed by atoms with Crippen LogP contribution in [0.4, 0.5) is 13.2 Å². The fourth-order valence-electron chi connectivity index (χ4n) is 2.27. The predicted octanol–water partition coefficient (Wildman–Crippen LogP) is 2.01. The first-order valence-corrected chi connectivity index (χ1v) is 7.60. The molecule has 1 amide bonds. The number of ether oxygens (including phenoxy) is 1. The number of nitrogens with one attached hydrogen (secondary N) is 1. The molecule has 0 aliphatic carbocycles. The van der Waals surface area contributed by atoms with Crippen molar-refractivity contribution in [3.63, 3.8) is 0 Å². The average Bonchev–Trinajstić information content (AvgIpc) is 3.13. The minimum absolute atomic E-state index is 0.0478. The van der Waals surface area contributed by atoms with E-state index >= 15 is 0 Å². The van der Waals surface area contributed by atoms with Crippen LogP contribution in [0.2, 0.25) is 0 Å². The van der Waals surface area contributed by atoms with Crippen molar-refractivity contribution in [3.05, 3.63) is 59.7 Å². The van der Waals surface area contributed by atoms with Crippen LogP contribution in [0.15, 0.2) is 42.9 Å². The van der Waals surface area contributed by atoms with Crippen molar-refractivity contribution in [1.29, 1.82) is 0 Å². The van der Waals surface area contributed by atoms with Gasteiger partial charge in [0.25, 0.3) is 5.91 Å². The third kappa shape index (κ3) is 4.02. The molecule has 0 bridgehead atoms. The van der Waals surface area contributed by atoms with Crippen molar-refractivity contribution in [3.8, 4) is 11.7 Å². The van der Waals surface area contributed by atoms with Crippen LogP contribution < -0.4 is 10.1 Å². The highest BCUT2D eigenvalue weighted by Gasteiger charge is 2.41. The number of hydrogen-bond donors (Lipinski definition) is 1. The summed E-state index contributed by atoms with van der Waals surface area (Å²) in [6.07, 6.45) is -0.954. The molecule has 0 aliphatic rings. The quantitative estimate of drug-likeness (QED) is 0.730. The monoisotopic (exact) mass is 378 g/mol. The van der Waals surface area contributed by atoms with Crippen LogP contribution in [0.3, 0.4) is 0 Å². The summed E-state index contributed by atoms with van der Waals surface area (Å²) in [7, 11) is 1.35. The van der Waals surface area contributed by atoms with Crippen LogP contribution >= 0.6 is 0 Å². The molecule has 3 heterocycles. The Labute approximate surface area is 151 Å². The zero-order valence-corrected chi connectivity index (χ0v) is 13.9. The second-order valence-corrected chi connectivity index (χ2v) is 5.29. The van der Waals surface area contributed by atoms with Crippen molar-refractivity contribution in [2.45, 2.75) is 12.7 Å². The lowest BCUT2D eigenvalue weighted by molar-refractivity contribution is -0.143. The van der Waals surface area contributed by atoms with E-state index in [0.717, 1.165) is 6.20 Å². The summed E-state index contributed by atoms with van der Waals surface area (Å²) in [5, 5.41) is 13.4. The van der Waals surface area contributed by atoms with Gasteiger partial charge in [-0.1, -0.05) is 0 Å². The molecule has 0 saturated carbocycles. The molecular weight excluding hydrogens is 365 g/mol. The molecule has 0 radical (unpaired) electrons. The number of pyridine rings is 1. The van der Waals surface area contributed by atoms with Gasteiger partial charge in [-0.05, 0) is 23.8 Å². The molecule has 0 unspecified atom stereocenters. The van der Waals surface area contributed by atoms with Gasteiger partial charge < -0.3 is 10.1 Å². The standard InChI is InChI=1S/C16H13F3N6O2/c1-27-13-3-2-12(23-24-13)25-14(16(17,18)19)11(9-22-25)15(26)21-8-10-4-6-20-7-5-10/h2-7,9H,8H2,1H3,(H,21,26). The SMILES string of the molecule is COc1ccc(-n2ncc(C(=O)NCc3ccncc3)c2C(F)(F)F)nn1. The molecule has 0 saturated heterocycles. The molecule has 27 heavy (non-hydrogen) atoms. The van der Waals surface area contributed by atoms with Gasteiger partial charge in [-0.3, -0.25) is 9.78 Å². The maximum Gasteiger partial charge on any atom is 0.434 e. The number of alkyl halides is 3. The van der Waals surface area contributed by atoms with Gasteiger partial charge in [-0.15, -0.1) is 10.2 Å². The Morgan fingerprint density at radius 1 is 1.19 bits per heavy atom. The van der Waals surface area contributed by atoms with Crippen molar-refractivity contribution >= 4 is 5.91 Å². The molecule has 140 valence electrons. The number of halogens is 3. The van der Waals surface area contributed by atoms with Gasteiger partial charge in [0.15, 0.2) is 11.5 Å². The normalized spacial score (nSPS) is 11.3. The number of carbonyl (C=O) groups is 1. The van der Waals surface area contributed by atoms with Crippen LogP contribution in [0.5, 0.6) is 5.88 Å². The Morgan fingerprint density at radius 3 is 2.52 bits per heavy atom. The molecule has 3 rings (SSSR count). The molecule has 0 spiro atoms. The third-order valence-electron chi connectivity index (χ3n) is 3.54. The smallest absolute Gasteiger partial charge is 0.434 e. The lowest BCUT2D eigenvalue weighted by Gasteiger charge is -2.12. The van der Waals surface area contributed by atoms with E-state index < -0.39 is 23.3 Å². The average molecular weight is 378 g/mol. The zero-order valence-electron chi connectivity index (χ0n) is 13.9. The molecule has 0 atom stereocenters. The van der Waals surface area contributed by atoms with Crippen molar-refractivity contribution in [2.24, 2.45) is 0 Å².